The largest absolute Gasteiger partial charge is 0.493 e. The quantitative estimate of drug-likeness (QED) is 0.242. The number of methoxy groups -OCH3 is 1. The highest BCUT2D eigenvalue weighted by molar-refractivity contribution is 6.30. The second kappa shape index (κ2) is 12.1. The van der Waals surface area contributed by atoms with Crippen LogP contribution in [0.2, 0.25) is 5.02 Å². The van der Waals surface area contributed by atoms with E-state index in [1.807, 2.05) is 38.1 Å². The number of carbonyl (C=O) groups is 2. The molecule has 2 heterocycles. The number of fused-ring (bicyclic) bond motifs is 1. The Kier molecular flexibility index (Phi) is 8.44. The molecule has 2 atom stereocenters. The lowest BCUT2D eigenvalue weighted by Crippen LogP contribution is -2.41. The topological polar surface area (TPSA) is 101 Å². The molecule has 1 aromatic heterocycles. The highest BCUT2D eigenvalue weighted by Crippen LogP contribution is 2.43. The number of benzene rings is 3. The van der Waals surface area contributed by atoms with E-state index < -0.39 is 11.6 Å². The molecule has 2 unspecified atom stereocenters. The van der Waals surface area contributed by atoms with E-state index in [9.17, 15) is 14.7 Å². The molecule has 1 aliphatic rings. The molecule has 8 nitrogen and oxygen atoms in total. The Morgan fingerprint density at radius 2 is 1.72 bits per heavy atom. The van der Waals surface area contributed by atoms with Gasteiger partial charge in [-0.25, -0.2) is 4.98 Å². The Bertz CT molecular complexity index is 1630. The summed E-state index contributed by atoms with van der Waals surface area (Å²) in [7, 11) is 1.58. The zero-order valence-electron chi connectivity index (χ0n) is 24.7. The molecule has 2 N–H and O–H groups in total. The maximum atomic E-state index is 13.8. The first-order chi connectivity index (χ1) is 20.5. The van der Waals surface area contributed by atoms with Crippen molar-refractivity contribution in [2.45, 2.75) is 51.9 Å². The van der Waals surface area contributed by atoms with Gasteiger partial charge in [0.1, 0.15) is 11.4 Å². The molecule has 0 bridgehead atoms. The fourth-order valence-corrected chi connectivity index (χ4v) is 5.49. The predicted octanol–water partition coefficient (Wildman–Crippen LogP) is 6.42. The molecule has 2 amide bonds. The number of rotatable bonds is 8. The number of nitrogens with one attached hydrogen (secondary N) is 1. The molecule has 0 aliphatic carbocycles. The van der Waals surface area contributed by atoms with Crippen LogP contribution >= 0.6 is 11.6 Å². The Balaban J connectivity index is 1.55. The Labute approximate surface area is 256 Å². The van der Waals surface area contributed by atoms with Gasteiger partial charge in [-0.15, -0.1) is 0 Å². The molecule has 1 aliphatic heterocycles. The van der Waals surface area contributed by atoms with E-state index in [0.717, 1.165) is 16.7 Å². The van der Waals surface area contributed by atoms with Crippen LogP contribution in [0, 0.1) is 0 Å². The number of hydrogen-bond donors (Lipinski definition) is 2. The van der Waals surface area contributed by atoms with Gasteiger partial charge in [0.15, 0.2) is 11.5 Å². The van der Waals surface area contributed by atoms with Crippen molar-refractivity contribution in [3.8, 4) is 11.5 Å². The van der Waals surface area contributed by atoms with Crippen molar-refractivity contribution in [2.75, 3.05) is 17.3 Å². The molecule has 222 valence electrons. The molecule has 0 saturated heterocycles. The number of aromatic nitrogens is 1. The number of amides is 2. The van der Waals surface area contributed by atoms with Gasteiger partial charge in [-0.2, -0.15) is 0 Å². The van der Waals surface area contributed by atoms with Crippen LogP contribution in [0.1, 0.15) is 61.6 Å². The van der Waals surface area contributed by atoms with Gasteiger partial charge in [0, 0.05) is 29.4 Å². The standard InChI is InChI=1S/C34H34ClN3O5/c1-20(2)43-30-18-28-23(16-29(30)42-5)17-32(40)38(33(28)22-6-11-26(35)12-7-22)31-15-10-25(19-36-31)34(4,41)24-8-13-27(14-9-24)37-21(3)39/h6-16,18-20,33,41H,17H2,1-5H3,(H,37,39). The fraction of sp³-hybridized carbons (Fsp3) is 0.265. The third kappa shape index (κ3) is 6.21. The summed E-state index contributed by atoms with van der Waals surface area (Å²) in [5.41, 5.74) is 3.05. The summed E-state index contributed by atoms with van der Waals surface area (Å²) in [6.45, 7) is 7.02. The number of hydrogen-bond acceptors (Lipinski definition) is 6. The van der Waals surface area contributed by atoms with Gasteiger partial charge in [0.05, 0.1) is 25.7 Å². The van der Waals surface area contributed by atoms with Gasteiger partial charge < -0.3 is 19.9 Å². The van der Waals surface area contributed by atoms with E-state index in [4.69, 9.17) is 21.1 Å². The molecule has 4 aromatic rings. The number of anilines is 2. The van der Waals surface area contributed by atoms with E-state index in [-0.39, 0.29) is 24.3 Å². The minimum Gasteiger partial charge on any atom is -0.493 e. The maximum absolute atomic E-state index is 13.8. The molecule has 0 radical (unpaired) electrons. The number of pyridine rings is 1. The molecule has 0 saturated carbocycles. The monoisotopic (exact) mass is 599 g/mol. The summed E-state index contributed by atoms with van der Waals surface area (Å²) in [6, 6.07) is 21.2. The molecule has 0 spiro atoms. The molecule has 9 heteroatoms. The van der Waals surface area contributed by atoms with Gasteiger partial charge in [0.25, 0.3) is 0 Å². The predicted molar refractivity (Wildman–Crippen MR) is 167 cm³/mol. The first-order valence-corrected chi connectivity index (χ1v) is 14.4. The van der Waals surface area contributed by atoms with Crippen LogP contribution in [-0.4, -0.2) is 35.1 Å². The van der Waals surface area contributed by atoms with Crippen LogP contribution in [0.5, 0.6) is 11.5 Å². The van der Waals surface area contributed by atoms with Crippen LogP contribution < -0.4 is 19.7 Å². The number of carbonyl (C=O) groups excluding carboxylic acids is 2. The summed E-state index contributed by atoms with van der Waals surface area (Å²) < 4.78 is 11.7. The number of halogens is 1. The van der Waals surface area contributed by atoms with Crippen LogP contribution in [0.3, 0.4) is 0 Å². The van der Waals surface area contributed by atoms with Gasteiger partial charge >= 0.3 is 0 Å². The third-order valence-electron chi connectivity index (χ3n) is 7.46. The maximum Gasteiger partial charge on any atom is 0.233 e. The zero-order chi connectivity index (χ0) is 30.9. The Morgan fingerprint density at radius 3 is 2.30 bits per heavy atom. The number of ether oxygens (including phenoxy) is 2. The normalized spacial score (nSPS) is 16.0. The van der Waals surface area contributed by atoms with E-state index in [1.165, 1.54) is 6.92 Å². The van der Waals surface area contributed by atoms with E-state index in [2.05, 4.69) is 10.3 Å². The lowest BCUT2D eigenvalue weighted by Gasteiger charge is -2.37. The minimum absolute atomic E-state index is 0.0779. The second-order valence-electron chi connectivity index (χ2n) is 11.0. The van der Waals surface area contributed by atoms with Gasteiger partial charge in [-0.05, 0) is 85.5 Å². The van der Waals surface area contributed by atoms with Gasteiger partial charge in [0.2, 0.25) is 11.8 Å². The number of aliphatic hydroxyl groups is 1. The van der Waals surface area contributed by atoms with Crippen LogP contribution in [0.25, 0.3) is 0 Å². The third-order valence-corrected chi connectivity index (χ3v) is 7.71. The summed E-state index contributed by atoms with van der Waals surface area (Å²) in [6.07, 6.45) is 1.66. The first-order valence-electron chi connectivity index (χ1n) is 14.0. The Morgan fingerprint density at radius 1 is 1.05 bits per heavy atom. The lowest BCUT2D eigenvalue weighted by molar-refractivity contribution is -0.118. The summed E-state index contributed by atoms with van der Waals surface area (Å²) in [5, 5.41) is 14.8. The van der Waals surface area contributed by atoms with Crippen molar-refractivity contribution in [3.05, 3.63) is 112 Å². The highest BCUT2D eigenvalue weighted by Gasteiger charge is 2.37. The molecular weight excluding hydrogens is 566 g/mol. The smallest absolute Gasteiger partial charge is 0.233 e. The summed E-state index contributed by atoms with van der Waals surface area (Å²) in [5.74, 6) is 1.30. The van der Waals surface area contributed by atoms with Crippen molar-refractivity contribution in [3.63, 3.8) is 0 Å². The molecular formula is C34H34ClN3O5. The average Bonchev–Trinajstić information content (AvgIpc) is 2.97. The SMILES string of the molecule is COc1cc2c(cc1OC(C)C)C(c1ccc(Cl)cc1)N(c1ccc(C(C)(O)c3ccc(NC(C)=O)cc3)cn1)C(=O)C2. The van der Waals surface area contributed by atoms with Crippen molar-refractivity contribution >= 4 is 34.9 Å². The molecule has 0 fully saturated rings. The van der Waals surface area contributed by atoms with Crippen molar-refractivity contribution < 1.29 is 24.2 Å². The van der Waals surface area contributed by atoms with Gasteiger partial charge in [-0.3, -0.25) is 14.5 Å². The summed E-state index contributed by atoms with van der Waals surface area (Å²) in [4.78, 5) is 31.5. The van der Waals surface area contributed by atoms with Crippen molar-refractivity contribution in [2.24, 2.45) is 0 Å². The highest BCUT2D eigenvalue weighted by atomic mass is 35.5. The molecule has 3 aromatic carbocycles. The van der Waals surface area contributed by atoms with Crippen molar-refractivity contribution in [1.29, 1.82) is 0 Å². The van der Waals surface area contributed by atoms with Crippen LogP contribution in [-0.2, 0) is 21.6 Å². The first kappa shape index (κ1) is 30.1. The Hall–Kier alpha value is -4.40. The molecule has 5 rings (SSSR count). The minimum atomic E-state index is -1.37. The lowest BCUT2D eigenvalue weighted by atomic mass is 9.87. The van der Waals surface area contributed by atoms with Crippen LogP contribution in [0.15, 0.2) is 79.0 Å². The second-order valence-corrected chi connectivity index (χ2v) is 11.4. The molecule has 43 heavy (non-hydrogen) atoms. The summed E-state index contributed by atoms with van der Waals surface area (Å²) >= 11 is 6.22. The van der Waals surface area contributed by atoms with Crippen LogP contribution in [0.4, 0.5) is 11.5 Å². The number of nitrogens with zero attached hydrogens (tertiary/aromatic N) is 2. The zero-order valence-corrected chi connectivity index (χ0v) is 25.5. The van der Waals surface area contributed by atoms with E-state index in [1.54, 1.807) is 73.7 Å². The van der Waals surface area contributed by atoms with Gasteiger partial charge in [-0.1, -0.05) is 41.9 Å². The van der Waals surface area contributed by atoms with E-state index in [0.29, 0.717) is 39.2 Å². The fourth-order valence-electron chi connectivity index (χ4n) is 5.36. The average molecular weight is 600 g/mol. The van der Waals surface area contributed by atoms with Crippen molar-refractivity contribution in [1.82, 2.24) is 4.98 Å². The van der Waals surface area contributed by atoms with E-state index >= 15 is 0 Å².